The highest BCUT2D eigenvalue weighted by Crippen LogP contribution is 2.17. The van der Waals surface area contributed by atoms with Crippen molar-refractivity contribution >= 4 is 10.2 Å². The van der Waals surface area contributed by atoms with Gasteiger partial charge in [0.15, 0.2) is 0 Å². The Bertz CT molecular complexity index is 303. The van der Waals surface area contributed by atoms with Crippen LogP contribution >= 0.6 is 0 Å². The van der Waals surface area contributed by atoms with Crippen LogP contribution < -0.4 is 4.72 Å². The molecule has 0 aromatic rings. The van der Waals surface area contributed by atoms with Gasteiger partial charge >= 0.3 is 0 Å². The van der Waals surface area contributed by atoms with E-state index in [-0.39, 0.29) is 12.5 Å². The summed E-state index contributed by atoms with van der Waals surface area (Å²) in [6.45, 7) is 5.46. The standard InChI is InChI=1S/C10H22N2O3S/c1-9(2)6-11-16(14,15)12-5-3-4-10(7-12)8-13/h9-11,13H,3-8H2,1-2H3. The van der Waals surface area contributed by atoms with Gasteiger partial charge in [-0.3, -0.25) is 0 Å². The van der Waals surface area contributed by atoms with E-state index in [9.17, 15) is 8.42 Å². The molecule has 0 bridgehead atoms. The molecule has 2 N–H and O–H groups in total. The van der Waals surface area contributed by atoms with E-state index in [0.29, 0.717) is 25.6 Å². The van der Waals surface area contributed by atoms with Crippen molar-refractivity contribution in [3.63, 3.8) is 0 Å². The third-order valence-corrected chi connectivity index (χ3v) is 4.30. The van der Waals surface area contributed by atoms with Gasteiger partial charge in [-0.1, -0.05) is 13.8 Å². The molecule has 0 aliphatic carbocycles. The van der Waals surface area contributed by atoms with Crippen molar-refractivity contribution in [2.45, 2.75) is 26.7 Å². The lowest BCUT2D eigenvalue weighted by Crippen LogP contribution is -2.47. The molecule has 5 nitrogen and oxygen atoms in total. The van der Waals surface area contributed by atoms with Gasteiger partial charge in [0.1, 0.15) is 0 Å². The summed E-state index contributed by atoms with van der Waals surface area (Å²) < 4.78 is 27.8. The van der Waals surface area contributed by atoms with Crippen molar-refractivity contribution in [3.05, 3.63) is 0 Å². The molecule has 1 heterocycles. The molecule has 16 heavy (non-hydrogen) atoms. The van der Waals surface area contributed by atoms with Gasteiger partial charge in [0.25, 0.3) is 10.2 Å². The van der Waals surface area contributed by atoms with Crippen molar-refractivity contribution in [2.24, 2.45) is 11.8 Å². The first-order chi connectivity index (χ1) is 7.45. The number of nitrogens with one attached hydrogen (secondary N) is 1. The summed E-state index contributed by atoms with van der Waals surface area (Å²) in [5.74, 6) is 0.387. The van der Waals surface area contributed by atoms with Gasteiger partial charge in [-0.2, -0.15) is 12.7 Å². The van der Waals surface area contributed by atoms with Crippen LogP contribution in [-0.4, -0.2) is 44.1 Å². The van der Waals surface area contributed by atoms with Gasteiger partial charge in [0.2, 0.25) is 0 Å². The molecule has 0 amide bonds. The van der Waals surface area contributed by atoms with E-state index < -0.39 is 10.2 Å². The average Bonchev–Trinajstić information content (AvgIpc) is 2.27. The third-order valence-electron chi connectivity index (χ3n) is 2.75. The van der Waals surface area contributed by atoms with Crippen molar-refractivity contribution in [1.82, 2.24) is 9.03 Å². The Labute approximate surface area is 98.0 Å². The van der Waals surface area contributed by atoms with Crippen LogP contribution in [0.15, 0.2) is 0 Å². The molecule has 96 valence electrons. The predicted octanol–water partition coefficient (Wildman–Crippen LogP) is 0.181. The Balaban J connectivity index is 2.54. The van der Waals surface area contributed by atoms with E-state index >= 15 is 0 Å². The number of nitrogens with zero attached hydrogens (tertiary/aromatic N) is 1. The van der Waals surface area contributed by atoms with Crippen molar-refractivity contribution < 1.29 is 13.5 Å². The highest BCUT2D eigenvalue weighted by Gasteiger charge is 2.28. The van der Waals surface area contributed by atoms with Crippen LogP contribution in [0.3, 0.4) is 0 Å². The molecule has 6 heteroatoms. The molecule has 0 aromatic heterocycles. The molecular weight excluding hydrogens is 228 g/mol. The molecule has 1 fully saturated rings. The number of rotatable bonds is 5. The minimum absolute atomic E-state index is 0.0657. The van der Waals surface area contributed by atoms with Gasteiger partial charge in [0, 0.05) is 26.2 Å². The smallest absolute Gasteiger partial charge is 0.279 e. The third kappa shape index (κ3) is 4.01. The largest absolute Gasteiger partial charge is 0.396 e. The fourth-order valence-corrected chi connectivity index (χ4v) is 3.26. The summed E-state index contributed by atoms with van der Waals surface area (Å²) in [7, 11) is -3.35. The van der Waals surface area contributed by atoms with Crippen LogP contribution in [0.2, 0.25) is 0 Å². The first-order valence-corrected chi connectivity index (χ1v) is 7.25. The maximum Gasteiger partial charge on any atom is 0.279 e. The van der Waals surface area contributed by atoms with Gasteiger partial charge in [-0.05, 0) is 24.7 Å². The summed E-state index contributed by atoms with van der Waals surface area (Å²) in [4.78, 5) is 0. The zero-order valence-electron chi connectivity index (χ0n) is 10.0. The summed E-state index contributed by atoms with van der Waals surface area (Å²) in [6, 6.07) is 0. The van der Waals surface area contributed by atoms with Crippen LogP contribution in [0.1, 0.15) is 26.7 Å². The summed E-state index contributed by atoms with van der Waals surface area (Å²) in [5, 5.41) is 9.05. The minimum Gasteiger partial charge on any atom is -0.396 e. The second kappa shape index (κ2) is 5.95. The van der Waals surface area contributed by atoms with E-state index in [1.165, 1.54) is 4.31 Å². The van der Waals surface area contributed by atoms with E-state index in [4.69, 9.17) is 5.11 Å². The fraction of sp³-hybridized carbons (Fsp3) is 1.00. The molecule has 0 radical (unpaired) electrons. The van der Waals surface area contributed by atoms with E-state index in [1.54, 1.807) is 0 Å². The molecule has 1 unspecified atom stereocenters. The Hall–Kier alpha value is -0.170. The van der Waals surface area contributed by atoms with E-state index in [1.807, 2.05) is 13.8 Å². The van der Waals surface area contributed by atoms with E-state index in [2.05, 4.69) is 4.72 Å². The predicted molar refractivity (Wildman–Crippen MR) is 63.1 cm³/mol. The van der Waals surface area contributed by atoms with Crippen molar-refractivity contribution in [3.8, 4) is 0 Å². The Morgan fingerprint density at radius 3 is 2.75 bits per heavy atom. The van der Waals surface area contributed by atoms with Crippen LogP contribution in [0.4, 0.5) is 0 Å². The lowest BCUT2D eigenvalue weighted by atomic mass is 10.0. The summed E-state index contributed by atoms with van der Waals surface area (Å²) >= 11 is 0. The van der Waals surface area contributed by atoms with Gasteiger partial charge in [0.05, 0.1) is 0 Å². The maximum atomic E-state index is 11.9. The maximum absolute atomic E-state index is 11.9. The van der Waals surface area contributed by atoms with Crippen LogP contribution in [-0.2, 0) is 10.2 Å². The lowest BCUT2D eigenvalue weighted by Gasteiger charge is -2.31. The van der Waals surface area contributed by atoms with Crippen molar-refractivity contribution in [2.75, 3.05) is 26.2 Å². The molecule has 1 aliphatic heterocycles. The second-order valence-electron chi connectivity index (χ2n) is 4.80. The quantitative estimate of drug-likeness (QED) is 0.731. The minimum atomic E-state index is -3.35. The first kappa shape index (κ1) is 13.9. The van der Waals surface area contributed by atoms with Crippen molar-refractivity contribution in [1.29, 1.82) is 0 Å². The summed E-state index contributed by atoms with van der Waals surface area (Å²) in [5.41, 5.74) is 0. The van der Waals surface area contributed by atoms with E-state index in [0.717, 1.165) is 12.8 Å². The zero-order chi connectivity index (χ0) is 12.2. The highest BCUT2D eigenvalue weighted by molar-refractivity contribution is 7.87. The number of aliphatic hydroxyl groups excluding tert-OH is 1. The molecule has 1 atom stereocenters. The van der Waals surface area contributed by atoms with Gasteiger partial charge in [-0.25, -0.2) is 4.72 Å². The molecule has 1 aliphatic rings. The number of piperidine rings is 1. The van der Waals surface area contributed by atoms with Gasteiger partial charge < -0.3 is 5.11 Å². The number of hydrogen-bond donors (Lipinski definition) is 2. The monoisotopic (exact) mass is 250 g/mol. The molecule has 0 spiro atoms. The molecule has 1 saturated heterocycles. The SMILES string of the molecule is CC(C)CNS(=O)(=O)N1CCCC(CO)C1. The number of hydrogen-bond acceptors (Lipinski definition) is 3. The fourth-order valence-electron chi connectivity index (χ4n) is 1.76. The summed E-state index contributed by atoms with van der Waals surface area (Å²) in [6.07, 6.45) is 1.74. The Kier molecular flexibility index (Phi) is 5.17. The molecule has 0 saturated carbocycles. The normalized spacial score (nSPS) is 23.9. The molecular formula is C10H22N2O3S. The highest BCUT2D eigenvalue weighted by atomic mass is 32.2. The lowest BCUT2D eigenvalue weighted by molar-refractivity contribution is 0.164. The topological polar surface area (TPSA) is 69.6 Å². The van der Waals surface area contributed by atoms with Crippen LogP contribution in [0.25, 0.3) is 0 Å². The van der Waals surface area contributed by atoms with Gasteiger partial charge in [-0.15, -0.1) is 0 Å². The Morgan fingerprint density at radius 2 is 2.19 bits per heavy atom. The number of aliphatic hydroxyl groups is 1. The first-order valence-electron chi connectivity index (χ1n) is 5.81. The van der Waals surface area contributed by atoms with Crippen LogP contribution in [0.5, 0.6) is 0 Å². The Morgan fingerprint density at radius 1 is 1.50 bits per heavy atom. The average molecular weight is 250 g/mol. The van der Waals surface area contributed by atoms with Crippen LogP contribution in [0, 0.1) is 11.8 Å². The molecule has 1 rings (SSSR count). The second-order valence-corrected chi connectivity index (χ2v) is 6.55. The molecule has 0 aromatic carbocycles. The zero-order valence-corrected chi connectivity index (χ0v) is 10.8.